The second-order valence-corrected chi connectivity index (χ2v) is 12.3. The number of rotatable bonds is 22. The van der Waals surface area contributed by atoms with Gasteiger partial charge in [0.05, 0.1) is 5.56 Å². The molecule has 0 aromatic heterocycles. The van der Waals surface area contributed by atoms with Crippen LogP contribution in [0.3, 0.4) is 0 Å². The van der Waals surface area contributed by atoms with E-state index in [0.717, 1.165) is 5.56 Å². The van der Waals surface area contributed by atoms with Crippen LogP contribution in [0.15, 0.2) is 122 Å². The Balaban J connectivity index is 1.91. The molecule has 11 nitrogen and oxygen atoms in total. The van der Waals surface area contributed by atoms with Crippen LogP contribution in [0.4, 0.5) is 0 Å². The lowest BCUT2D eigenvalue weighted by Crippen LogP contribution is -2.13. The summed E-state index contributed by atoms with van der Waals surface area (Å²) < 4.78 is 44.9. The Morgan fingerprint density at radius 1 is 0.482 bits per heavy atom. The zero-order valence-electron chi connectivity index (χ0n) is 32.5. The van der Waals surface area contributed by atoms with E-state index in [1.807, 2.05) is 18.2 Å². The van der Waals surface area contributed by atoms with Gasteiger partial charge < -0.3 is 37.9 Å². The second-order valence-electron chi connectivity index (χ2n) is 12.3. The fourth-order valence-corrected chi connectivity index (χ4v) is 4.31. The average molecular weight is 765 g/mol. The van der Waals surface area contributed by atoms with Gasteiger partial charge in [-0.3, -0.25) is 0 Å². The first-order valence-corrected chi connectivity index (χ1v) is 17.6. The van der Waals surface area contributed by atoms with E-state index in [0.29, 0.717) is 62.2 Å². The van der Waals surface area contributed by atoms with Crippen LogP contribution in [-0.4, -0.2) is 70.8 Å². The normalized spacial score (nSPS) is 10.1. The van der Waals surface area contributed by atoms with Crippen molar-refractivity contribution in [1.29, 1.82) is 0 Å². The molecule has 0 amide bonds. The molecule has 0 fully saturated rings. The smallest absolute Gasteiger partial charge is 0.333 e. The SMILES string of the molecule is C=C(C)C(=C)OCCOc1cc(-c2ccc(OCCOC(=O)C(=C)C)cc2)c(OCCOC(=O)C(=C)C)cc1C#Cc1ccc(OCCOC(=O)C(=C)C)cc1. The van der Waals surface area contributed by atoms with E-state index in [2.05, 4.69) is 44.7 Å². The van der Waals surface area contributed by atoms with Gasteiger partial charge in [0.15, 0.2) is 0 Å². The molecule has 3 aromatic carbocycles. The summed E-state index contributed by atoms with van der Waals surface area (Å²) in [6.45, 7) is 25.9. The number of ether oxygens (including phenoxy) is 8. The molecule has 0 spiro atoms. The summed E-state index contributed by atoms with van der Waals surface area (Å²) in [5.41, 5.74) is 4.26. The molecular weight excluding hydrogens is 716 g/mol. The Hall–Kier alpha value is -6.67. The van der Waals surface area contributed by atoms with E-state index in [-0.39, 0.29) is 58.4 Å². The predicted molar refractivity (Wildman–Crippen MR) is 214 cm³/mol. The maximum Gasteiger partial charge on any atom is 0.333 e. The predicted octanol–water partition coefficient (Wildman–Crippen LogP) is 7.73. The minimum absolute atomic E-state index is 0.0121. The highest BCUT2D eigenvalue weighted by Crippen LogP contribution is 2.37. The number of hydrogen-bond acceptors (Lipinski definition) is 11. The van der Waals surface area contributed by atoms with Crippen molar-refractivity contribution in [3.8, 4) is 46.0 Å². The van der Waals surface area contributed by atoms with Gasteiger partial charge in [0, 0.05) is 33.9 Å². The molecule has 3 aromatic rings. The summed E-state index contributed by atoms with van der Waals surface area (Å²) in [6.07, 6.45) is 0. The molecule has 0 unspecified atom stereocenters. The largest absolute Gasteiger partial charge is 0.490 e. The molecule has 0 heterocycles. The summed E-state index contributed by atoms with van der Waals surface area (Å²) in [6, 6.07) is 18.0. The lowest BCUT2D eigenvalue weighted by Gasteiger charge is -2.17. The highest BCUT2D eigenvalue weighted by atomic mass is 16.6. The minimum Gasteiger partial charge on any atom is -0.490 e. The van der Waals surface area contributed by atoms with Gasteiger partial charge in [-0.05, 0) is 81.3 Å². The number of benzene rings is 3. The molecule has 0 atom stereocenters. The summed E-state index contributed by atoms with van der Waals surface area (Å²) in [5.74, 6) is 7.40. The molecule has 3 rings (SSSR count). The third-order valence-corrected chi connectivity index (χ3v) is 7.33. The third kappa shape index (κ3) is 15.0. The molecule has 0 aliphatic heterocycles. The van der Waals surface area contributed by atoms with Gasteiger partial charge in [0.1, 0.15) is 81.6 Å². The van der Waals surface area contributed by atoms with Gasteiger partial charge in [0.2, 0.25) is 0 Å². The molecule has 0 aliphatic carbocycles. The van der Waals surface area contributed by atoms with E-state index < -0.39 is 17.9 Å². The number of carbonyl (C=O) groups is 3. The first-order valence-electron chi connectivity index (χ1n) is 17.6. The maximum atomic E-state index is 12.0. The van der Waals surface area contributed by atoms with Crippen LogP contribution in [0, 0.1) is 11.8 Å². The highest BCUT2D eigenvalue weighted by Gasteiger charge is 2.15. The van der Waals surface area contributed by atoms with Crippen molar-refractivity contribution < 1.29 is 52.3 Å². The number of carbonyl (C=O) groups excluding carboxylic acids is 3. The fourth-order valence-electron chi connectivity index (χ4n) is 4.31. The van der Waals surface area contributed by atoms with Gasteiger partial charge in [-0.1, -0.05) is 56.9 Å². The van der Waals surface area contributed by atoms with Gasteiger partial charge in [-0.15, -0.1) is 0 Å². The van der Waals surface area contributed by atoms with Crippen molar-refractivity contribution >= 4 is 17.9 Å². The van der Waals surface area contributed by atoms with Crippen molar-refractivity contribution in [2.75, 3.05) is 52.9 Å². The highest BCUT2D eigenvalue weighted by molar-refractivity contribution is 5.87. The number of hydrogen-bond donors (Lipinski definition) is 0. The minimum atomic E-state index is -0.520. The van der Waals surface area contributed by atoms with Gasteiger partial charge in [-0.2, -0.15) is 0 Å². The monoisotopic (exact) mass is 764 g/mol. The Labute approximate surface area is 328 Å². The van der Waals surface area contributed by atoms with Crippen molar-refractivity contribution in [1.82, 2.24) is 0 Å². The lowest BCUT2D eigenvalue weighted by atomic mass is 10.0. The van der Waals surface area contributed by atoms with Gasteiger partial charge in [0.25, 0.3) is 0 Å². The summed E-state index contributed by atoms with van der Waals surface area (Å²) in [5, 5.41) is 0. The first kappa shape index (κ1) is 43.7. The van der Waals surface area contributed by atoms with Gasteiger partial charge >= 0.3 is 17.9 Å². The summed E-state index contributed by atoms with van der Waals surface area (Å²) >= 11 is 0. The van der Waals surface area contributed by atoms with Crippen molar-refractivity contribution in [2.45, 2.75) is 27.7 Å². The molecule has 0 saturated carbocycles. The maximum absolute atomic E-state index is 12.0. The molecule has 11 heteroatoms. The fraction of sp³-hybridized carbons (Fsp3) is 0.267. The Morgan fingerprint density at radius 2 is 0.911 bits per heavy atom. The quantitative estimate of drug-likeness (QED) is 0.0190. The Morgan fingerprint density at radius 3 is 1.38 bits per heavy atom. The topological polar surface area (TPSA) is 125 Å². The Kier molecular flexibility index (Phi) is 17.6. The molecule has 0 aliphatic rings. The number of esters is 3. The van der Waals surface area contributed by atoms with Crippen LogP contribution in [0.1, 0.15) is 38.8 Å². The zero-order chi connectivity index (χ0) is 41.0. The van der Waals surface area contributed by atoms with Crippen LogP contribution in [-0.2, 0) is 33.3 Å². The van der Waals surface area contributed by atoms with Crippen molar-refractivity contribution in [2.24, 2.45) is 0 Å². The van der Waals surface area contributed by atoms with Crippen LogP contribution in [0.5, 0.6) is 23.0 Å². The van der Waals surface area contributed by atoms with E-state index >= 15 is 0 Å². The molecule has 0 bridgehead atoms. The zero-order valence-corrected chi connectivity index (χ0v) is 32.5. The molecule has 0 N–H and O–H groups in total. The standard InChI is InChI=1S/C45H48O11/c1-30(2)34(9)49-20-23-52-41-29-40(36-14-18-39(19-15-36)51-22-26-55-44(47)32(5)6)42(53-24-27-56-45(48)33(7)8)28-37(41)13-10-35-11-16-38(17-12-35)50-21-25-54-43(46)31(3)4/h11-12,14-19,28-29H,1,3,5,7,9,20-27H2,2,4,6,8H3. The molecule has 294 valence electrons. The van der Waals surface area contributed by atoms with E-state index in [4.69, 9.17) is 37.9 Å². The van der Waals surface area contributed by atoms with Gasteiger partial charge in [-0.25, -0.2) is 14.4 Å². The number of allylic oxidation sites excluding steroid dienone is 1. The molecule has 0 radical (unpaired) electrons. The average Bonchev–Trinajstić information content (AvgIpc) is 3.17. The first-order chi connectivity index (χ1) is 26.7. The Bertz CT molecular complexity index is 1980. The van der Waals surface area contributed by atoms with E-state index in [1.165, 1.54) is 0 Å². The molecule has 56 heavy (non-hydrogen) atoms. The second kappa shape index (κ2) is 22.5. The van der Waals surface area contributed by atoms with Crippen LogP contribution in [0.2, 0.25) is 0 Å². The van der Waals surface area contributed by atoms with E-state index in [1.54, 1.807) is 70.2 Å². The van der Waals surface area contributed by atoms with Crippen LogP contribution < -0.4 is 18.9 Å². The van der Waals surface area contributed by atoms with Crippen LogP contribution in [0.25, 0.3) is 11.1 Å². The van der Waals surface area contributed by atoms with Crippen molar-refractivity contribution in [3.63, 3.8) is 0 Å². The summed E-state index contributed by atoms with van der Waals surface area (Å²) in [4.78, 5) is 35.2. The third-order valence-electron chi connectivity index (χ3n) is 7.33. The van der Waals surface area contributed by atoms with Crippen molar-refractivity contribution in [3.05, 3.63) is 133 Å². The van der Waals surface area contributed by atoms with E-state index in [9.17, 15) is 14.4 Å². The molecular formula is C45H48O11. The summed E-state index contributed by atoms with van der Waals surface area (Å²) in [7, 11) is 0. The molecule has 0 saturated heterocycles. The lowest BCUT2D eigenvalue weighted by molar-refractivity contribution is -0.140. The van der Waals surface area contributed by atoms with Crippen LogP contribution >= 0.6 is 0 Å².